The molecule has 1 aromatic rings. The van der Waals surface area contributed by atoms with Crippen molar-refractivity contribution in [2.24, 2.45) is 5.92 Å². The highest BCUT2D eigenvalue weighted by Crippen LogP contribution is 2.20. The molecule has 2 saturated heterocycles. The predicted molar refractivity (Wildman–Crippen MR) is 115 cm³/mol. The summed E-state index contributed by atoms with van der Waals surface area (Å²) in [4.78, 5) is 31.5. The number of unbranched alkanes of at least 4 members (excludes halogenated alkanes) is 1. The summed E-state index contributed by atoms with van der Waals surface area (Å²) in [6.07, 6.45) is 6.51. The molecule has 0 aliphatic carbocycles. The Morgan fingerprint density at radius 1 is 0.967 bits per heavy atom. The molecule has 2 heterocycles. The summed E-state index contributed by atoms with van der Waals surface area (Å²) in [5.41, 5.74) is 0.579. The van der Waals surface area contributed by atoms with E-state index in [-0.39, 0.29) is 11.8 Å². The maximum Gasteiger partial charge on any atom is 0.312 e. The third-order valence-corrected chi connectivity index (χ3v) is 5.95. The highest BCUT2D eigenvalue weighted by atomic mass is 16.5. The van der Waals surface area contributed by atoms with E-state index in [1.54, 1.807) is 34.1 Å². The van der Waals surface area contributed by atoms with Gasteiger partial charge >= 0.3 is 11.8 Å². The summed E-state index contributed by atoms with van der Waals surface area (Å²) >= 11 is 0. The van der Waals surface area contributed by atoms with Crippen LogP contribution in [0.2, 0.25) is 0 Å². The monoisotopic (exact) mass is 412 g/mol. The van der Waals surface area contributed by atoms with Crippen LogP contribution in [0.1, 0.15) is 38.5 Å². The van der Waals surface area contributed by atoms with Gasteiger partial charge in [0.15, 0.2) is 5.69 Å². The Bertz CT molecular complexity index is 738. The summed E-state index contributed by atoms with van der Waals surface area (Å²) in [6, 6.07) is 6.98. The van der Waals surface area contributed by atoms with Crippen LogP contribution in [0, 0.1) is 12.5 Å². The molecule has 0 bridgehead atoms. The van der Waals surface area contributed by atoms with Gasteiger partial charge in [0.2, 0.25) is 0 Å². The van der Waals surface area contributed by atoms with Crippen LogP contribution in [-0.2, 0) is 9.59 Å². The van der Waals surface area contributed by atoms with Crippen molar-refractivity contribution in [2.45, 2.75) is 38.5 Å². The molecule has 162 valence electrons. The fraction of sp³-hybridized carbons (Fsp3) is 0.609. The molecule has 0 saturated carbocycles. The molecule has 3 rings (SSSR count). The van der Waals surface area contributed by atoms with E-state index >= 15 is 0 Å². The van der Waals surface area contributed by atoms with Gasteiger partial charge in [0.05, 0.1) is 13.2 Å². The summed E-state index contributed by atoms with van der Waals surface area (Å²) in [7, 11) is 0. The lowest BCUT2D eigenvalue weighted by atomic mass is 9.92. The van der Waals surface area contributed by atoms with E-state index in [9.17, 15) is 9.59 Å². The van der Waals surface area contributed by atoms with E-state index in [1.165, 1.54) is 19.3 Å². The van der Waals surface area contributed by atoms with Crippen LogP contribution in [0.25, 0.3) is 4.85 Å². The SMILES string of the molecule is [C-]#[N+]c1ccc(OCCCN2CCN(CCCCC3CCNCC3)C(=O)C2=O)cc1. The smallest absolute Gasteiger partial charge is 0.312 e. The molecule has 2 amide bonds. The van der Waals surface area contributed by atoms with Gasteiger partial charge < -0.3 is 19.9 Å². The Balaban J connectivity index is 1.30. The van der Waals surface area contributed by atoms with Gasteiger partial charge in [-0.1, -0.05) is 25.0 Å². The molecule has 0 aromatic heterocycles. The van der Waals surface area contributed by atoms with Gasteiger partial charge in [-0.3, -0.25) is 9.59 Å². The zero-order chi connectivity index (χ0) is 21.2. The first-order valence-electron chi connectivity index (χ1n) is 11.1. The number of rotatable bonds is 10. The number of benzene rings is 1. The van der Waals surface area contributed by atoms with E-state index in [0.717, 1.165) is 31.8 Å². The number of hydrogen-bond donors (Lipinski definition) is 1. The lowest BCUT2D eigenvalue weighted by Crippen LogP contribution is -2.54. The van der Waals surface area contributed by atoms with Crippen molar-refractivity contribution < 1.29 is 14.3 Å². The van der Waals surface area contributed by atoms with Gasteiger partial charge in [-0.15, -0.1) is 0 Å². The Kier molecular flexibility index (Phi) is 8.52. The number of hydrogen-bond acceptors (Lipinski definition) is 4. The van der Waals surface area contributed by atoms with Crippen molar-refractivity contribution in [1.82, 2.24) is 15.1 Å². The maximum absolute atomic E-state index is 12.4. The molecule has 7 heteroatoms. The number of piperidine rings is 1. The summed E-state index contributed by atoms with van der Waals surface area (Å²) in [6.45, 7) is 12.1. The molecule has 2 aliphatic heterocycles. The van der Waals surface area contributed by atoms with Crippen LogP contribution in [0.4, 0.5) is 5.69 Å². The third-order valence-electron chi connectivity index (χ3n) is 5.95. The Labute approximate surface area is 179 Å². The van der Waals surface area contributed by atoms with Crippen LogP contribution in [0.5, 0.6) is 5.75 Å². The van der Waals surface area contributed by atoms with Crippen molar-refractivity contribution >= 4 is 17.5 Å². The molecular formula is C23H32N4O3. The lowest BCUT2D eigenvalue weighted by Gasteiger charge is -2.34. The molecule has 0 atom stereocenters. The summed E-state index contributed by atoms with van der Waals surface area (Å²) in [5.74, 6) is 0.771. The number of ether oxygens (including phenoxy) is 1. The molecule has 2 fully saturated rings. The first-order valence-corrected chi connectivity index (χ1v) is 11.1. The van der Waals surface area contributed by atoms with Gasteiger partial charge in [0.1, 0.15) is 5.75 Å². The second-order valence-corrected chi connectivity index (χ2v) is 8.08. The standard InChI is InChI=1S/C23H32N4O3/c1-24-20-6-8-21(9-7-20)30-18-4-15-27-17-16-26(22(28)23(27)29)14-3-2-5-19-10-12-25-13-11-19/h6-9,19,25H,2-5,10-18H2. The first-order chi connectivity index (χ1) is 14.7. The molecule has 0 spiro atoms. The van der Waals surface area contributed by atoms with Crippen LogP contribution in [0.3, 0.4) is 0 Å². The van der Waals surface area contributed by atoms with Crippen LogP contribution in [0.15, 0.2) is 24.3 Å². The summed E-state index contributed by atoms with van der Waals surface area (Å²) < 4.78 is 5.66. The Morgan fingerprint density at radius 3 is 2.23 bits per heavy atom. The molecule has 7 nitrogen and oxygen atoms in total. The molecule has 30 heavy (non-hydrogen) atoms. The number of carbonyl (C=O) groups excluding carboxylic acids is 2. The zero-order valence-electron chi connectivity index (χ0n) is 17.6. The van der Waals surface area contributed by atoms with Crippen LogP contribution >= 0.6 is 0 Å². The van der Waals surface area contributed by atoms with Gasteiger partial charge in [0.25, 0.3) is 0 Å². The highest BCUT2D eigenvalue weighted by Gasteiger charge is 2.31. The van der Waals surface area contributed by atoms with E-state index in [0.29, 0.717) is 50.6 Å². The largest absolute Gasteiger partial charge is 0.494 e. The number of carbonyl (C=O) groups is 2. The van der Waals surface area contributed by atoms with Crippen molar-refractivity contribution in [3.63, 3.8) is 0 Å². The minimum absolute atomic E-state index is 0.362. The molecule has 2 aliphatic rings. The van der Waals surface area contributed by atoms with Gasteiger partial charge in [-0.05, 0) is 56.8 Å². The summed E-state index contributed by atoms with van der Waals surface area (Å²) in [5, 5.41) is 3.39. The van der Waals surface area contributed by atoms with Crippen molar-refractivity contribution in [2.75, 3.05) is 45.9 Å². The van der Waals surface area contributed by atoms with E-state index in [4.69, 9.17) is 11.3 Å². The average Bonchev–Trinajstić information content (AvgIpc) is 2.79. The number of piperazine rings is 1. The van der Waals surface area contributed by atoms with E-state index in [1.807, 2.05) is 0 Å². The Morgan fingerprint density at radius 2 is 1.60 bits per heavy atom. The van der Waals surface area contributed by atoms with Crippen molar-refractivity contribution in [3.05, 3.63) is 35.7 Å². The number of amides is 2. The van der Waals surface area contributed by atoms with E-state index < -0.39 is 0 Å². The fourth-order valence-corrected chi connectivity index (χ4v) is 4.11. The van der Waals surface area contributed by atoms with E-state index in [2.05, 4.69) is 10.2 Å². The van der Waals surface area contributed by atoms with Crippen molar-refractivity contribution in [1.29, 1.82) is 0 Å². The van der Waals surface area contributed by atoms with Crippen LogP contribution < -0.4 is 10.1 Å². The lowest BCUT2D eigenvalue weighted by molar-refractivity contribution is -0.156. The third kappa shape index (κ3) is 6.46. The first kappa shape index (κ1) is 22.1. The highest BCUT2D eigenvalue weighted by molar-refractivity contribution is 6.35. The normalized spacial score (nSPS) is 17.8. The quantitative estimate of drug-likeness (QED) is 0.365. The Hall–Kier alpha value is -2.59. The fourth-order valence-electron chi connectivity index (χ4n) is 4.11. The molecule has 0 radical (unpaired) electrons. The van der Waals surface area contributed by atoms with Gasteiger partial charge in [0, 0.05) is 26.2 Å². The van der Waals surface area contributed by atoms with Crippen molar-refractivity contribution in [3.8, 4) is 5.75 Å². The molecule has 1 aromatic carbocycles. The van der Waals surface area contributed by atoms with Gasteiger partial charge in [-0.2, -0.15) is 0 Å². The predicted octanol–water partition coefficient (Wildman–Crippen LogP) is 2.85. The number of nitrogens with zero attached hydrogens (tertiary/aromatic N) is 3. The second-order valence-electron chi connectivity index (χ2n) is 8.08. The molecule has 0 unspecified atom stereocenters. The maximum atomic E-state index is 12.4. The topological polar surface area (TPSA) is 66.2 Å². The molecule has 1 N–H and O–H groups in total. The second kappa shape index (κ2) is 11.6. The number of nitrogens with one attached hydrogen (secondary N) is 1. The average molecular weight is 413 g/mol. The zero-order valence-corrected chi connectivity index (χ0v) is 17.6. The van der Waals surface area contributed by atoms with Gasteiger partial charge in [-0.25, -0.2) is 4.85 Å². The van der Waals surface area contributed by atoms with Crippen LogP contribution in [-0.4, -0.2) is 67.5 Å². The minimum Gasteiger partial charge on any atom is -0.494 e. The molecular weight excluding hydrogens is 380 g/mol. The minimum atomic E-state index is -0.388.